The number of anilines is 2. The number of nitrogens with zero attached hydrogens (tertiary/aromatic N) is 5. The van der Waals surface area contributed by atoms with Crippen LogP contribution in [0.15, 0.2) is 49.1 Å². The Labute approximate surface area is 174 Å². The number of benzene rings is 1. The van der Waals surface area contributed by atoms with Crippen molar-refractivity contribution in [2.75, 3.05) is 37.3 Å². The Kier molecular flexibility index (Phi) is 6.19. The molecule has 4 rings (SSSR count). The quantitative estimate of drug-likeness (QED) is 0.588. The fraction of sp³-hybridized carbons (Fsp3) is 0.333. The van der Waals surface area contributed by atoms with Crippen molar-refractivity contribution in [1.82, 2.24) is 24.6 Å². The molecule has 30 heavy (non-hydrogen) atoms. The number of carbonyl (C=O) groups excluding carboxylic acids is 1. The van der Waals surface area contributed by atoms with E-state index in [1.54, 1.807) is 17.1 Å². The second-order valence-corrected chi connectivity index (χ2v) is 7.22. The van der Waals surface area contributed by atoms with Gasteiger partial charge in [0.2, 0.25) is 0 Å². The number of nitrogen functional groups attached to an aromatic ring is 1. The zero-order chi connectivity index (χ0) is 20.8. The summed E-state index contributed by atoms with van der Waals surface area (Å²) in [6.07, 6.45) is 8.78. The van der Waals surface area contributed by atoms with Crippen LogP contribution in [0.25, 0.3) is 0 Å². The zero-order valence-corrected chi connectivity index (χ0v) is 16.7. The maximum absolute atomic E-state index is 12.3. The number of amides is 1. The topological polar surface area (TPSA) is 111 Å². The van der Waals surface area contributed by atoms with Crippen LogP contribution < -0.4 is 15.8 Å². The number of ether oxygens (including phenoxy) is 1. The van der Waals surface area contributed by atoms with Gasteiger partial charge in [-0.2, -0.15) is 5.10 Å². The maximum Gasteiger partial charge on any atom is 0.278 e. The highest BCUT2D eigenvalue weighted by Gasteiger charge is 2.13. The minimum atomic E-state index is -0.423. The van der Waals surface area contributed by atoms with Gasteiger partial charge in [-0.1, -0.05) is 12.1 Å². The van der Waals surface area contributed by atoms with E-state index in [-0.39, 0.29) is 11.5 Å². The lowest BCUT2D eigenvalue weighted by atomic mass is 10.2. The highest BCUT2D eigenvalue weighted by Crippen LogP contribution is 2.16. The van der Waals surface area contributed by atoms with Crippen LogP contribution in [-0.4, -0.2) is 56.8 Å². The zero-order valence-electron chi connectivity index (χ0n) is 16.7. The van der Waals surface area contributed by atoms with Crippen molar-refractivity contribution in [3.05, 3.63) is 60.3 Å². The molecule has 1 aromatic carbocycles. The van der Waals surface area contributed by atoms with Crippen molar-refractivity contribution in [2.24, 2.45) is 0 Å². The lowest BCUT2D eigenvalue weighted by Crippen LogP contribution is -2.25. The van der Waals surface area contributed by atoms with Crippen LogP contribution in [0, 0.1) is 0 Å². The average molecular weight is 407 g/mol. The number of aromatic nitrogens is 4. The van der Waals surface area contributed by atoms with Gasteiger partial charge in [0.05, 0.1) is 18.4 Å². The molecule has 156 valence electrons. The molecule has 0 spiro atoms. The molecule has 1 aliphatic heterocycles. The molecule has 1 fully saturated rings. The van der Waals surface area contributed by atoms with E-state index in [2.05, 4.69) is 25.3 Å². The summed E-state index contributed by atoms with van der Waals surface area (Å²) in [5, 5.41) is 7.05. The van der Waals surface area contributed by atoms with Crippen LogP contribution in [0.1, 0.15) is 28.9 Å². The lowest BCUT2D eigenvalue weighted by molar-refractivity contribution is 0.102. The smallest absolute Gasteiger partial charge is 0.278 e. The number of rotatable bonds is 8. The third-order valence-electron chi connectivity index (χ3n) is 4.95. The number of hydrogen-bond donors (Lipinski definition) is 2. The molecule has 1 saturated heterocycles. The average Bonchev–Trinajstić information content (AvgIpc) is 3.41. The predicted molar refractivity (Wildman–Crippen MR) is 113 cm³/mol. The SMILES string of the molecule is Nc1nccnc1C(=O)Nc1cnn(Cc2cccc(OCCN3CCCC3)c2)c1. The summed E-state index contributed by atoms with van der Waals surface area (Å²) in [5.41, 5.74) is 7.41. The monoisotopic (exact) mass is 407 g/mol. The van der Waals surface area contributed by atoms with Gasteiger partial charge in [-0.05, 0) is 43.6 Å². The first kappa shape index (κ1) is 19.8. The Bertz CT molecular complexity index is 998. The van der Waals surface area contributed by atoms with E-state index in [4.69, 9.17) is 10.5 Å². The normalized spacial score (nSPS) is 14.0. The first-order valence-corrected chi connectivity index (χ1v) is 10.0. The van der Waals surface area contributed by atoms with Crippen molar-refractivity contribution in [3.8, 4) is 5.75 Å². The van der Waals surface area contributed by atoms with E-state index in [0.717, 1.165) is 17.9 Å². The number of nitrogens with two attached hydrogens (primary N) is 1. The summed E-state index contributed by atoms with van der Waals surface area (Å²) in [4.78, 5) is 22.6. The largest absolute Gasteiger partial charge is 0.492 e. The van der Waals surface area contributed by atoms with Gasteiger partial charge in [-0.15, -0.1) is 0 Å². The predicted octanol–water partition coefficient (Wildman–Crippen LogP) is 2.03. The molecule has 9 heteroatoms. The Balaban J connectivity index is 1.32. The van der Waals surface area contributed by atoms with Crippen LogP contribution in [0.2, 0.25) is 0 Å². The standard InChI is InChI=1S/C21H25N7O2/c22-20-19(23-6-7-24-20)21(29)26-17-13-25-28(15-17)14-16-4-3-5-18(12-16)30-11-10-27-8-1-2-9-27/h3-7,12-13,15H,1-2,8-11,14H2,(H2,22,24)(H,26,29). The van der Waals surface area contributed by atoms with Crippen molar-refractivity contribution in [1.29, 1.82) is 0 Å². The van der Waals surface area contributed by atoms with E-state index in [0.29, 0.717) is 18.8 Å². The Morgan fingerprint density at radius 2 is 2.03 bits per heavy atom. The van der Waals surface area contributed by atoms with Crippen molar-refractivity contribution >= 4 is 17.4 Å². The summed E-state index contributed by atoms with van der Waals surface area (Å²) in [5.74, 6) is 0.517. The van der Waals surface area contributed by atoms with Crippen LogP contribution in [0.5, 0.6) is 5.75 Å². The number of hydrogen-bond acceptors (Lipinski definition) is 7. The van der Waals surface area contributed by atoms with E-state index in [1.807, 2.05) is 24.3 Å². The van der Waals surface area contributed by atoms with Gasteiger partial charge in [0, 0.05) is 25.1 Å². The number of nitrogens with one attached hydrogen (secondary N) is 1. The van der Waals surface area contributed by atoms with Crippen LogP contribution in [0.4, 0.5) is 11.5 Å². The highest BCUT2D eigenvalue weighted by atomic mass is 16.5. The highest BCUT2D eigenvalue weighted by molar-refractivity contribution is 6.05. The molecular weight excluding hydrogens is 382 g/mol. The second kappa shape index (κ2) is 9.36. The van der Waals surface area contributed by atoms with Crippen molar-refractivity contribution < 1.29 is 9.53 Å². The first-order valence-electron chi connectivity index (χ1n) is 10.0. The molecule has 0 unspecified atom stereocenters. The molecular formula is C21H25N7O2. The maximum atomic E-state index is 12.3. The van der Waals surface area contributed by atoms with Gasteiger partial charge in [-0.3, -0.25) is 14.4 Å². The molecule has 0 radical (unpaired) electrons. The third kappa shape index (κ3) is 5.12. The molecule has 9 nitrogen and oxygen atoms in total. The lowest BCUT2D eigenvalue weighted by Gasteiger charge is -2.15. The van der Waals surface area contributed by atoms with E-state index >= 15 is 0 Å². The molecule has 0 aliphatic carbocycles. The molecule has 2 aromatic heterocycles. The molecule has 1 aliphatic rings. The number of likely N-dealkylation sites (tertiary alicyclic amines) is 1. The van der Waals surface area contributed by atoms with Gasteiger partial charge >= 0.3 is 0 Å². The van der Waals surface area contributed by atoms with Crippen molar-refractivity contribution in [3.63, 3.8) is 0 Å². The van der Waals surface area contributed by atoms with Gasteiger partial charge < -0.3 is 15.8 Å². The Morgan fingerprint density at radius 1 is 1.20 bits per heavy atom. The number of carbonyl (C=O) groups is 1. The molecule has 0 atom stereocenters. The fourth-order valence-electron chi connectivity index (χ4n) is 3.45. The van der Waals surface area contributed by atoms with Crippen LogP contribution in [-0.2, 0) is 6.54 Å². The Morgan fingerprint density at radius 3 is 2.87 bits per heavy atom. The summed E-state index contributed by atoms with van der Waals surface area (Å²) in [6.45, 7) is 4.55. The van der Waals surface area contributed by atoms with Crippen molar-refractivity contribution in [2.45, 2.75) is 19.4 Å². The molecule has 1 amide bonds. The fourth-order valence-corrected chi connectivity index (χ4v) is 3.45. The van der Waals surface area contributed by atoms with Gasteiger partial charge in [-0.25, -0.2) is 9.97 Å². The summed E-state index contributed by atoms with van der Waals surface area (Å²) >= 11 is 0. The molecule has 3 heterocycles. The summed E-state index contributed by atoms with van der Waals surface area (Å²) in [6, 6.07) is 7.98. The minimum Gasteiger partial charge on any atom is -0.492 e. The summed E-state index contributed by atoms with van der Waals surface area (Å²) < 4.78 is 7.66. The van der Waals surface area contributed by atoms with Crippen LogP contribution >= 0.6 is 0 Å². The second-order valence-electron chi connectivity index (χ2n) is 7.22. The molecule has 3 aromatic rings. The Hall–Kier alpha value is -3.46. The van der Waals surface area contributed by atoms with E-state index in [1.165, 1.54) is 38.3 Å². The molecule has 0 saturated carbocycles. The molecule has 0 bridgehead atoms. The first-order chi connectivity index (χ1) is 14.7. The third-order valence-corrected chi connectivity index (χ3v) is 4.95. The molecule has 3 N–H and O–H groups in total. The minimum absolute atomic E-state index is 0.0870. The van der Waals surface area contributed by atoms with E-state index < -0.39 is 5.91 Å². The van der Waals surface area contributed by atoms with Crippen LogP contribution in [0.3, 0.4) is 0 Å². The van der Waals surface area contributed by atoms with E-state index in [9.17, 15) is 4.79 Å². The van der Waals surface area contributed by atoms with Gasteiger partial charge in [0.15, 0.2) is 11.5 Å². The summed E-state index contributed by atoms with van der Waals surface area (Å²) in [7, 11) is 0. The van der Waals surface area contributed by atoms with Gasteiger partial charge in [0.25, 0.3) is 5.91 Å². The van der Waals surface area contributed by atoms with Gasteiger partial charge in [0.1, 0.15) is 12.4 Å².